The van der Waals surface area contributed by atoms with Gasteiger partial charge in [-0.15, -0.1) is 0 Å². The molecule has 0 bridgehead atoms. The van der Waals surface area contributed by atoms with Crippen LogP contribution in [-0.2, 0) is 11.5 Å². The van der Waals surface area contributed by atoms with Gasteiger partial charge in [-0.2, -0.15) is 11.8 Å². The van der Waals surface area contributed by atoms with E-state index >= 15 is 0 Å². The van der Waals surface area contributed by atoms with E-state index in [2.05, 4.69) is 72.1 Å². The summed E-state index contributed by atoms with van der Waals surface area (Å²) in [7, 11) is 3.70. The zero-order valence-corrected chi connectivity index (χ0v) is 13.7. The number of thioether (sulfide) groups is 1. The van der Waals surface area contributed by atoms with Crippen LogP contribution in [0.3, 0.4) is 0 Å². The molecule has 2 rings (SSSR count). The molecule has 0 N–H and O–H groups in total. The van der Waals surface area contributed by atoms with Crippen LogP contribution >= 0.6 is 33.3 Å². The maximum atomic E-state index is 2.25. The van der Waals surface area contributed by atoms with Crippen molar-refractivity contribution < 1.29 is 0 Å². The van der Waals surface area contributed by atoms with Crippen LogP contribution in [0, 0.1) is 0 Å². The molecular weight excluding hydrogens is 300 g/mol. The SMILES string of the molecule is C(=C/SSCc1ccccc1)/CSCc1ccccc1. The lowest BCUT2D eigenvalue weighted by molar-refractivity contribution is 1.41. The van der Waals surface area contributed by atoms with Gasteiger partial charge < -0.3 is 0 Å². The monoisotopic (exact) mass is 318 g/mol. The minimum atomic E-state index is 1.06. The third kappa shape index (κ3) is 6.60. The molecule has 104 valence electrons. The van der Waals surface area contributed by atoms with E-state index in [-0.39, 0.29) is 0 Å². The Balaban J connectivity index is 1.52. The van der Waals surface area contributed by atoms with Crippen LogP contribution in [0.1, 0.15) is 11.1 Å². The average molecular weight is 319 g/mol. The van der Waals surface area contributed by atoms with Gasteiger partial charge in [0.2, 0.25) is 0 Å². The van der Waals surface area contributed by atoms with E-state index in [1.807, 2.05) is 33.3 Å². The van der Waals surface area contributed by atoms with E-state index in [1.54, 1.807) is 0 Å². The summed E-state index contributed by atoms with van der Waals surface area (Å²) in [5.74, 6) is 3.23. The predicted octanol–water partition coefficient (Wildman–Crippen LogP) is 6.02. The first-order valence-electron chi connectivity index (χ1n) is 6.54. The normalized spacial score (nSPS) is 11.0. The Hall–Kier alpha value is -0.770. The molecule has 2 aromatic carbocycles. The summed E-state index contributed by atoms with van der Waals surface area (Å²) in [5, 5.41) is 2.20. The van der Waals surface area contributed by atoms with Gasteiger partial charge >= 0.3 is 0 Å². The first-order valence-corrected chi connectivity index (χ1v) is 10.1. The number of hydrogen-bond acceptors (Lipinski definition) is 3. The summed E-state index contributed by atoms with van der Waals surface area (Å²) in [5.41, 5.74) is 2.79. The molecular formula is C17H18S3. The highest BCUT2D eigenvalue weighted by atomic mass is 33.1. The smallest absolute Gasteiger partial charge is 0.0291 e. The van der Waals surface area contributed by atoms with Gasteiger partial charge in [-0.25, -0.2) is 0 Å². The minimum absolute atomic E-state index is 1.06. The van der Waals surface area contributed by atoms with Gasteiger partial charge in [-0.3, -0.25) is 0 Å². The van der Waals surface area contributed by atoms with E-state index in [0.717, 1.165) is 17.3 Å². The Morgan fingerprint density at radius 2 is 1.35 bits per heavy atom. The zero-order chi connectivity index (χ0) is 13.9. The van der Waals surface area contributed by atoms with Crippen molar-refractivity contribution in [1.29, 1.82) is 0 Å². The summed E-state index contributed by atoms with van der Waals surface area (Å²) in [4.78, 5) is 0. The highest BCUT2D eigenvalue weighted by molar-refractivity contribution is 8.77. The summed E-state index contributed by atoms with van der Waals surface area (Å²) >= 11 is 1.95. The lowest BCUT2D eigenvalue weighted by Crippen LogP contribution is -1.79. The van der Waals surface area contributed by atoms with Gasteiger partial charge in [0.25, 0.3) is 0 Å². The first-order chi connectivity index (χ1) is 9.95. The van der Waals surface area contributed by atoms with Crippen molar-refractivity contribution in [2.24, 2.45) is 0 Å². The van der Waals surface area contributed by atoms with Crippen LogP contribution in [0.5, 0.6) is 0 Å². The molecule has 0 aromatic heterocycles. The molecule has 0 aliphatic carbocycles. The molecule has 0 heterocycles. The van der Waals surface area contributed by atoms with Gasteiger partial charge in [-0.1, -0.05) is 88.3 Å². The van der Waals surface area contributed by atoms with Crippen molar-refractivity contribution in [1.82, 2.24) is 0 Å². The van der Waals surface area contributed by atoms with Gasteiger partial charge in [0.05, 0.1) is 0 Å². The Labute approximate surface area is 133 Å². The van der Waals surface area contributed by atoms with Crippen molar-refractivity contribution in [3.8, 4) is 0 Å². The van der Waals surface area contributed by atoms with Crippen molar-refractivity contribution in [2.45, 2.75) is 11.5 Å². The summed E-state index contributed by atoms with van der Waals surface area (Å²) in [6.45, 7) is 0. The third-order valence-electron chi connectivity index (χ3n) is 2.61. The van der Waals surface area contributed by atoms with Crippen molar-refractivity contribution in [3.63, 3.8) is 0 Å². The summed E-state index contributed by atoms with van der Waals surface area (Å²) < 4.78 is 0. The molecule has 0 atom stereocenters. The molecule has 0 unspecified atom stereocenters. The largest absolute Gasteiger partial charge is 0.153 e. The average Bonchev–Trinajstić information content (AvgIpc) is 2.52. The molecule has 20 heavy (non-hydrogen) atoms. The standard InChI is InChI=1S/C17H18S3/c1-3-8-16(9-4-1)14-18-12-7-13-19-20-15-17-10-5-2-6-11-17/h1-11,13H,12,14-15H2/b13-7-. The summed E-state index contributed by atoms with van der Waals surface area (Å²) in [6, 6.07) is 21.2. The van der Waals surface area contributed by atoms with Crippen LogP contribution in [-0.4, -0.2) is 5.75 Å². The minimum Gasteiger partial charge on any atom is -0.153 e. The second-order valence-electron chi connectivity index (χ2n) is 4.22. The topological polar surface area (TPSA) is 0 Å². The fraction of sp³-hybridized carbons (Fsp3) is 0.176. The highest BCUT2D eigenvalue weighted by Crippen LogP contribution is 2.27. The second kappa shape index (κ2) is 10.0. The number of rotatable bonds is 8. The van der Waals surface area contributed by atoms with Crippen LogP contribution < -0.4 is 0 Å². The quantitative estimate of drug-likeness (QED) is 0.432. The Morgan fingerprint density at radius 1 is 0.750 bits per heavy atom. The van der Waals surface area contributed by atoms with Crippen LogP contribution in [0.15, 0.2) is 72.1 Å². The molecule has 0 amide bonds. The Bertz CT molecular complexity index is 447. The molecule has 0 nitrogen and oxygen atoms in total. The molecule has 0 fully saturated rings. The molecule has 0 radical (unpaired) electrons. The zero-order valence-electron chi connectivity index (χ0n) is 11.3. The maximum absolute atomic E-state index is 2.25. The van der Waals surface area contributed by atoms with Gasteiger partial charge in [0.1, 0.15) is 0 Å². The Kier molecular flexibility index (Phi) is 7.83. The van der Waals surface area contributed by atoms with Crippen molar-refractivity contribution in [3.05, 3.63) is 83.3 Å². The van der Waals surface area contributed by atoms with E-state index in [1.165, 1.54) is 11.1 Å². The van der Waals surface area contributed by atoms with Crippen LogP contribution in [0.25, 0.3) is 0 Å². The van der Waals surface area contributed by atoms with E-state index in [9.17, 15) is 0 Å². The van der Waals surface area contributed by atoms with Gasteiger partial charge in [-0.05, 0) is 16.5 Å². The molecule has 0 spiro atoms. The lowest BCUT2D eigenvalue weighted by atomic mass is 10.2. The molecule has 0 saturated heterocycles. The lowest BCUT2D eigenvalue weighted by Gasteiger charge is -1.99. The van der Waals surface area contributed by atoms with E-state index in [0.29, 0.717) is 0 Å². The van der Waals surface area contributed by atoms with Crippen molar-refractivity contribution in [2.75, 3.05) is 5.75 Å². The fourth-order valence-electron chi connectivity index (χ4n) is 1.61. The number of benzene rings is 2. The van der Waals surface area contributed by atoms with Crippen molar-refractivity contribution >= 4 is 33.3 Å². The predicted molar refractivity (Wildman–Crippen MR) is 97.1 cm³/mol. The molecule has 3 heteroatoms. The molecule has 2 aromatic rings. The second-order valence-corrected chi connectivity index (χ2v) is 7.52. The fourth-order valence-corrected chi connectivity index (χ4v) is 4.25. The van der Waals surface area contributed by atoms with Gasteiger partial charge in [0.15, 0.2) is 0 Å². The Morgan fingerprint density at radius 3 is 2.00 bits per heavy atom. The first kappa shape index (κ1) is 15.6. The molecule has 0 aliphatic heterocycles. The third-order valence-corrected chi connectivity index (χ3v) is 5.57. The van der Waals surface area contributed by atoms with Crippen LogP contribution in [0.2, 0.25) is 0 Å². The number of hydrogen-bond donors (Lipinski definition) is 0. The maximum Gasteiger partial charge on any atom is 0.0291 e. The van der Waals surface area contributed by atoms with E-state index in [4.69, 9.17) is 0 Å². The van der Waals surface area contributed by atoms with E-state index < -0.39 is 0 Å². The molecule has 0 aliphatic rings. The summed E-state index contributed by atoms with van der Waals surface area (Å²) in [6.07, 6.45) is 2.25. The molecule has 0 saturated carbocycles. The van der Waals surface area contributed by atoms with Gasteiger partial charge in [0, 0.05) is 17.3 Å². The highest BCUT2D eigenvalue weighted by Gasteiger charge is 1.92. The van der Waals surface area contributed by atoms with Crippen LogP contribution in [0.4, 0.5) is 0 Å².